The van der Waals surface area contributed by atoms with E-state index in [1.807, 2.05) is 18.2 Å². The molecule has 1 aromatic carbocycles. The summed E-state index contributed by atoms with van der Waals surface area (Å²) >= 11 is 3.37. The van der Waals surface area contributed by atoms with Gasteiger partial charge in [0.05, 0.1) is 5.69 Å². The van der Waals surface area contributed by atoms with Crippen molar-refractivity contribution in [1.29, 1.82) is 0 Å². The van der Waals surface area contributed by atoms with E-state index in [2.05, 4.69) is 20.9 Å². The molecule has 6 heteroatoms. The average Bonchev–Trinajstić information content (AvgIpc) is 2.46. The first kappa shape index (κ1) is 14.2. The van der Waals surface area contributed by atoms with Crippen LogP contribution in [0, 0.1) is 0 Å². The maximum absolute atomic E-state index is 12.3. The highest BCUT2D eigenvalue weighted by molar-refractivity contribution is 9.10. The van der Waals surface area contributed by atoms with E-state index >= 15 is 0 Å². The summed E-state index contributed by atoms with van der Waals surface area (Å²) in [6.45, 7) is 0. The Bertz CT molecular complexity index is 673. The summed E-state index contributed by atoms with van der Waals surface area (Å²) < 4.78 is 0.769. The van der Waals surface area contributed by atoms with Gasteiger partial charge < -0.3 is 10.0 Å². The Morgan fingerprint density at radius 3 is 2.40 bits per heavy atom. The minimum Gasteiger partial charge on any atom is -0.477 e. The number of aromatic carboxylic acids is 1. The van der Waals surface area contributed by atoms with E-state index in [9.17, 15) is 9.59 Å². The molecule has 0 fully saturated rings. The average molecular weight is 335 g/mol. The lowest BCUT2D eigenvalue weighted by Crippen LogP contribution is -2.27. The number of para-hydroxylation sites is 1. The summed E-state index contributed by atoms with van der Waals surface area (Å²) in [5, 5.41) is 8.90. The summed E-state index contributed by atoms with van der Waals surface area (Å²) in [6, 6.07) is 11.6. The molecule has 1 amide bonds. The van der Waals surface area contributed by atoms with Crippen LogP contribution in [0.1, 0.15) is 21.0 Å². The molecule has 2 aromatic rings. The predicted octanol–water partition coefficient (Wildman–Crippen LogP) is 2.82. The zero-order valence-electron chi connectivity index (χ0n) is 10.6. The summed E-state index contributed by atoms with van der Waals surface area (Å²) in [4.78, 5) is 28.5. The lowest BCUT2D eigenvalue weighted by atomic mass is 10.2. The van der Waals surface area contributed by atoms with Gasteiger partial charge in [0.2, 0.25) is 0 Å². The van der Waals surface area contributed by atoms with Gasteiger partial charge in [-0.25, -0.2) is 9.78 Å². The number of nitrogens with zero attached hydrogens (tertiary/aromatic N) is 2. The Morgan fingerprint density at radius 1 is 1.10 bits per heavy atom. The molecule has 0 bridgehead atoms. The highest BCUT2D eigenvalue weighted by Gasteiger charge is 2.18. The van der Waals surface area contributed by atoms with Crippen LogP contribution in [0.2, 0.25) is 0 Å². The van der Waals surface area contributed by atoms with Crippen LogP contribution in [0.15, 0.2) is 46.9 Å². The number of halogens is 1. The van der Waals surface area contributed by atoms with Crippen LogP contribution in [0.5, 0.6) is 0 Å². The number of hydrogen-bond acceptors (Lipinski definition) is 3. The van der Waals surface area contributed by atoms with Gasteiger partial charge in [-0.15, -0.1) is 0 Å². The summed E-state index contributed by atoms with van der Waals surface area (Å²) in [6.07, 6.45) is 0. The smallest absolute Gasteiger partial charge is 0.354 e. The van der Waals surface area contributed by atoms with E-state index in [1.54, 1.807) is 13.1 Å². The third-order valence-electron chi connectivity index (χ3n) is 2.71. The fourth-order valence-corrected chi connectivity index (χ4v) is 2.23. The Kier molecular flexibility index (Phi) is 4.14. The first-order chi connectivity index (χ1) is 9.50. The number of rotatable bonds is 3. The molecule has 0 atom stereocenters. The highest BCUT2D eigenvalue weighted by Crippen LogP contribution is 2.25. The Labute approximate surface area is 124 Å². The predicted molar refractivity (Wildman–Crippen MR) is 78.1 cm³/mol. The second-order valence-electron chi connectivity index (χ2n) is 4.03. The minimum atomic E-state index is -1.16. The van der Waals surface area contributed by atoms with Crippen molar-refractivity contribution in [3.63, 3.8) is 0 Å². The maximum atomic E-state index is 12.3. The molecule has 0 spiro atoms. The van der Waals surface area contributed by atoms with Gasteiger partial charge in [-0.1, -0.05) is 18.2 Å². The standard InChI is InChI=1S/C14H11BrN2O3/c1-17(12-8-3-2-5-9(12)15)13(18)10-6-4-7-11(16-10)14(19)20/h2-8H,1H3,(H,19,20). The number of carbonyl (C=O) groups is 2. The van der Waals surface area contributed by atoms with Crippen molar-refractivity contribution >= 4 is 33.5 Å². The summed E-state index contributed by atoms with van der Waals surface area (Å²) in [7, 11) is 1.61. The number of carboxylic acid groups (broad SMARTS) is 1. The molecular formula is C14H11BrN2O3. The number of amides is 1. The van der Waals surface area contributed by atoms with Crippen molar-refractivity contribution in [2.24, 2.45) is 0 Å². The fraction of sp³-hybridized carbons (Fsp3) is 0.0714. The number of hydrogen-bond donors (Lipinski definition) is 1. The van der Waals surface area contributed by atoms with Gasteiger partial charge in [0.25, 0.3) is 5.91 Å². The van der Waals surface area contributed by atoms with Gasteiger partial charge in [-0.05, 0) is 40.2 Å². The summed E-state index contributed by atoms with van der Waals surface area (Å²) in [5.41, 5.74) is 0.611. The van der Waals surface area contributed by atoms with Crippen LogP contribution in [-0.2, 0) is 0 Å². The number of aromatic nitrogens is 1. The zero-order chi connectivity index (χ0) is 14.7. The van der Waals surface area contributed by atoms with Crippen LogP contribution >= 0.6 is 15.9 Å². The minimum absolute atomic E-state index is 0.0863. The van der Waals surface area contributed by atoms with Crippen molar-refractivity contribution in [3.05, 3.63) is 58.3 Å². The van der Waals surface area contributed by atoms with Gasteiger partial charge in [0.1, 0.15) is 11.4 Å². The van der Waals surface area contributed by atoms with E-state index in [1.165, 1.54) is 23.1 Å². The van der Waals surface area contributed by atoms with Crippen molar-refractivity contribution < 1.29 is 14.7 Å². The van der Waals surface area contributed by atoms with Crippen molar-refractivity contribution in [1.82, 2.24) is 4.98 Å². The number of pyridine rings is 1. The molecule has 0 saturated heterocycles. The largest absolute Gasteiger partial charge is 0.477 e. The molecular weight excluding hydrogens is 324 g/mol. The van der Waals surface area contributed by atoms with Gasteiger partial charge >= 0.3 is 5.97 Å². The third-order valence-corrected chi connectivity index (χ3v) is 3.38. The van der Waals surface area contributed by atoms with Crippen molar-refractivity contribution in [3.8, 4) is 0 Å². The number of anilines is 1. The molecule has 102 valence electrons. The number of carbonyl (C=O) groups excluding carboxylic acids is 1. The monoisotopic (exact) mass is 334 g/mol. The maximum Gasteiger partial charge on any atom is 0.354 e. The van der Waals surface area contributed by atoms with E-state index in [4.69, 9.17) is 5.11 Å². The normalized spacial score (nSPS) is 10.1. The molecule has 0 aliphatic carbocycles. The van der Waals surface area contributed by atoms with Crippen LogP contribution in [0.4, 0.5) is 5.69 Å². The van der Waals surface area contributed by atoms with E-state index < -0.39 is 5.97 Å². The fourth-order valence-electron chi connectivity index (χ4n) is 1.68. The highest BCUT2D eigenvalue weighted by atomic mass is 79.9. The third kappa shape index (κ3) is 2.85. The summed E-state index contributed by atoms with van der Waals surface area (Å²) in [5.74, 6) is -1.54. The Hall–Kier alpha value is -2.21. The van der Waals surface area contributed by atoms with Gasteiger partial charge in [-0.3, -0.25) is 4.79 Å². The van der Waals surface area contributed by atoms with E-state index in [0.29, 0.717) is 5.69 Å². The lowest BCUT2D eigenvalue weighted by Gasteiger charge is -2.18. The van der Waals surface area contributed by atoms with E-state index in [-0.39, 0.29) is 17.3 Å². The Balaban J connectivity index is 2.34. The number of benzene rings is 1. The molecule has 5 nitrogen and oxygen atoms in total. The topological polar surface area (TPSA) is 70.5 Å². The molecule has 20 heavy (non-hydrogen) atoms. The molecule has 1 N–H and O–H groups in total. The SMILES string of the molecule is CN(C(=O)c1cccc(C(=O)O)n1)c1ccccc1Br. The van der Waals surface area contributed by atoms with Gasteiger partial charge in [-0.2, -0.15) is 0 Å². The quantitative estimate of drug-likeness (QED) is 0.936. The molecule has 0 radical (unpaired) electrons. The second-order valence-corrected chi connectivity index (χ2v) is 4.88. The lowest BCUT2D eigenvalue weighted by molar-refractivity contribution is 0.0690. The van der Waals surface area contributed by atoms with Crippen molar-refractivity contribution in [2.45, 2.75) is 0 Å². The van der Waals surface area contributed by atoms with Crippen LogP contribution in [0.25, 0.3) is 0 Å². The van der Waals surface area contributed by atoms with Crippen LogP contribution in [0.3, 0.4) is 0 Å². The Morgan fingerprint density at radius 2 is 1.75 bits per heavy atom. The second kappa shape index (κ2) is 5.83. The molecule has 1 aromatic heterocycles. The first-order valence-corrected chi connectivity index (χ1v) is 6.53. The van der Waals surface area contributed by atoms with Crippen molar-refractivity contribution in [2.75, 3.05) is 11.9 Å². The first-order valence-electron chi connectivity index (χ1n) is 5.73. The van der Waals surface area contributed by atoms with Crippen LogP contribution in [-0.4, -0.2) is 29.0 Å². The molecule has 0 aliphatic rings. The van der Waals surface area contributed by atoms with E-state index in [0.717, 1.165) is 4.47 Å². The number of carboxylic acids is 1. The molecule has 0 unspecified atom stereocenters. The molecule has 1 heterocycles. The molecule has 0 aliphatic heterocycles. The van der Waals surface area contributed by atoms with Crippen LogP contribution < -0.4 is 4.90 Å². The van der Waals surface area contributed by atoms with Gasteiger partial charge in [0, 0.05) is 11.5 Å². The molecule has 2 rings (SSSR count). The molecule has 0 saturated carbocycles. The zero-order valence-corrected chi connectivity index (χ0v) is 12.2. The van der Waals surface area contributed by atoms with Gasteiger partial charge in [0.15, 0.2) is 0 Å².